The minimum atomic E-state index is -1.78. The van der Waals surface area contributed by atoms with Gasteiger partial charge in [0.15, 0.2) is 11.5 Å². The van der Waals surface area contributed by atoms with Crippen molar-refractivity contribution in [2.24, 2.45) is 0 Å². The third kappa shape index (κ3) is 3.48. The molecule has 7 heteroatoms. The van der Waals surface area contributed by atoms with Gasteiger partial charge < -0.3 is 24.4 Å². The van der Waals surface area contributed by atoms with Crippen LogP contribution < -0.4 is 14.9 Å². The highest BCUT2D eigenvalue weighted by atomic mass is 16.5. The van der Waals surface area contributed by atoms with E-state index in [1.165, 1.54) is 31.3 Å². The number of carbonyl (C=O) groups is 1. The van der Waals surface area contributed by atoms with Crippen LogP contribution in [-0.2, 0) is 0 Å². The van der Waals surface area contributed by atoms with Crippen molar-refractivity contribution < 1.29 is 24.3 Å². The Morgan fingerprint density at radius 1 is 1.19 bits per heavy atom. The van der Waals surface area contributed by atoms with E-state index < -0.39 is 12.7 Å². The summed E-state index contributed by atoms with van der Waals surface area (Å²) in [5.41, 5.74) is -0.263. The highest BCUT2D eigenvalue weighted by Crippen LogP contribution is 2.31. The summed E-state index contributed by atoms with van der Waals surface area (Å²) in [6.45, 7) is 5.64. The number of carbonyl (C=O) groups excluding carboxylic acids is 1. The third-order valence-electron chi connectivity index (χ3n) is 3.38. The second-order valence-corrected chi connectivity index (χ2v) is 5.67. The molecule has 116 valence electrons. The number of ether oxygens (including phenoxy) is 2. The van der Waals surface area contributed by atoms with E-state index >= 15 is 0 Å². The molecule has 0 spiro atoms. The van der Waals surface area contributed by atoms with Gasteiger partial charge in [-0.3, -0.25) is 4.79 Å². The van der Waals surface area contributed by atoms with Gasteiger partial charge in [-0.2, -0.15) is 0 Å². The van der Waals surface area contributed by atoms with Crippen molar-refractivity contribution in [2.75, 3.05) is 21.3 Å². The largest absolute Gasteiger partial charge is 0.493 e. The smallest absolute Gasteiger partial charge is 0.489 e. The molecule has 0 aromatic heterocycles. The lowest BCUT2D eigenvalue weighted by molar-refractivity contribution is 0.0652. The van der Waals surface area contributed by atoms with Crippen molar-refractivity contribution in [3.05, 3.63) is 17.7 Å². The number of amides is 1. The monoisotopic (exact) mass is 295 g/mol. The van der Waals surface area contributed by atoms with Crippen molar-refractivity contribution in [3.63, 3.8) is 0 Å². The molecule has 1 aromatic rings. The van der Waals surface area contributed by atoms with Crippen LogP contribution in [0, 0.1) is 0 Å². The number of hydrogen-bond acceptors (Lipinski definition) is 5. The molecule has 0 saturated carbocycles. The molecule has 0 radical (unpaired) electrons. The van der Waals surface area contributed by atoms with Gasteiger partial charge in [0.05, 0.1) is 19.8 Å². The first kappa shape index (κ1) is 17.3. The molecule has 2 N–H and O–H groups in total. The Balaban J connectivity index is 3.53. The van der Waals surface area contributed by atoms with E-state index in [1.807, 2.05) is 20.8 Å². The number of rotatable bonds is 4. The Labute approximate surface area is 125 Å². The molecule has 0 aliphatic rings. The first-order chi connectivity index (χ1) is 9.65. The second-order valence-electron chi connectivity index (χ2n) is 5.67. The number of methoxy groups -OCH3 is 2. The first-order valence-electron chi connectivity index (χ1n) is 6.54. The van der Waals surface area contributed by atoms with E-state index in [2.05, 4.69) is 0 Å². The molecule has 0 aliphatic carbocycles. The molecule has 21 heavy (non-hydrogen) atoms. The predicted molar refractivity (Wildman–Crippen MR) is 81.2 cm³/mol. The molecule has 0 aliphatic heterocycles. The normalized spacial score (nSPS) is 11.0. The standard InChI is InChI=1S/C14H22BNO5/c1-14(2,3)16(4)13(17)11-9(15(18)19)7-8-10(20-5)12(11)21-6/h7-8,18-19H,1-6H3. The summed E-state index contributed by atoms with van der Waals surface area (Å²) in [7, 11) is 2.72. The summed E-state index contributed by atoms with van der Waals surface area (Å²) in [4.78, 5) is 14.2. The van der Waals surface area contributed by atoms with E-state index in [1.54, 1.807) is 7.05 Å². The molecule has 6 nitrogen and oxygen atoms in total. The molecule has 0 atom stereocenters. The summed E-state index contributed by atoms with van der Waals surface area (Å²) in [6.07, 6.45) is 0. The first-order valence-corrected chi connectivity index (χ1v) is 6.54. The maximum atomic E-state index is 12.7. The van der Waals surface area contributed by atoms with Crippen LogP contribution in [0.25, 0.3) is 0 Å². The summed E-state index contributed by atoms with van der Waals surface area (Å²) >= 11 is 0. The van der Waals surface area contributed by atoms with Gasteiger partial charge in [0, 0.05) is 12.6 Å². The average Bonchev–Trinajstić information content (AvgIpc) is 2.42. The quantitative estimate of drug-likeness (QED) is 0.779. The Bertz CT molecular complexity index is 525. The lowest BCUT2D eigenvalue weighted by Crippen LogP contribution is -2.46. The lowest BCUT2D eigenvalue weighted by Gasteiger charge is -2.33. The highest BCUT2D eigenvalue weighted by Gasteiger charge is 2.32. The molecule has 0 unspecified atom stereocenters. The van der Waals surface area contributed by atoms with Crippen LogP contribution in [0.5, 0.6) is 11.5 Å². The molecule has 1 rings (SSSR count). The van der Waals surface area contributed by atoms with Gasteiger partial charge in [-0.25, -0.2) is 0 Å². The Hall–Kier alpha value is -1.73. The fourth-order valence-corrected chi connectivity index (χ4v) is 1.85. The van der Waals surface area contributed by atoms with Gasteiger partial charge >= 0.3 is 7.12 Å². The van der Waals surface area contributed by atoms with Crippen molar-refractivity contribution in [2.45, 2.75) is 26.3 Å². The van der Waals surface area contributed by atoms with Gasteiger partial charge in [-0.15, -0.1) is 0 Å². The van der Waals surface area contributed by atoms with Crippen LogP contribution >= 0.6 is 0 Å². The molecule has 0 heterocycles. The summed E-state index contributed by atoms with van der Waals surface area (Å²) < 4.78 is 10.4. The van der Waals surface area contributed by atoms with Gasteiger partial charge in [0.2, 0.25) is 0 Å². The van der Waals surface area contributed by atoms with Crippen LogP contribution in [0.4, 0.5) is 0 Å². The Morgan fingerprint density at radius 3 is 2.14 bits per heavy atom. The number of benzene rings is 1. The maximum Gasteiger partial charge on any atom is 0.489 e. The lowest BCUT2D eigenvalue weighted by atomic mass is 9.76. The van der Waals surface area contributed by atoms with E-state index in [-0.39, 0.29) is 22.7 Å². The zero-order valence-electron chi connectivity index (χ0n) is 13.3. The van der Waals surface area contributed by atoms with Gasteiger partial charge in [0.25, 0.3) is 5.91 Å². The van der Waals surface area contributed by atoms with Crippen LogP contribution in [0.1, 0.15) is 31.1 Å². The summed E-state index contributed by atoms with van der Waals surface area (Å²) in [5, 5.41) is 19.0. The van der Waals surface area contributed by atoms with Crippen LogP contribution in [-0.4, -0.2) is 54.8 Å². The van der Waals surface area contributed by atoms with Crippen LogP contribution in [0.15, 0.2) is 12.1 Å². The third-order valence-corrected chi connectivity index (χ3v) is 3.38. The van der Waals surface area contributed by atoms with E-state index in [4.69, 9.17) is 9.47 Å². The Morgan fingerprint density at radius 2 is 1.76 bits per heavy atom. The van der Waals surface area contributed by atoms with Crippen molar-refractivity contribution in [1.29, 1.82) is 0 Å². The number of hydrogen-bond donors (Lipinski definition) is 2. The van der Waals surface area contributed by atoms with E-state index in [0.717, 1.165) is 0 Å². The van der Waals surface area contributed by atoms with Crippen molar-refractivity contribution >= 4 is 18.5 Å². The summed E-state index contributed by atoms with van der Waals surface area (Å²) in [5.74, 6) is 0.165. The zero-order chi connectivity index (χ0) is 16.4. The molecular formula is C14H22BNO5. The molecule has 1 aromatic carbocycles. The minimum absolute atomic E-state index is 0.0775. The maximum absolute atomic E-state index is 12.7. The topological polar surface area (TPSA) is 79.2 Å². The number of nitrogens with zero attached hydrogens (tertiary/aromatic N) is 1. The van der Waals surface area contributed by atoms with Crippen LogP contribution in [0.2, 0.25) is 0 Å². The average molecular weight is 295 g/mol. The van der Waals surface area contributed by atoms with Gasteiger partial charge in [-0.1, -0.05) is 6.07 Å². The highest BCUT2D eigenvalue weighted by molar-refractivity contribution is 6.60. The van der Waals surface area contributed by atoms with Gasteiger partial charge in [-0.05, 0) is 32.3 Å². The second kappa shape index (κ2) is 6.36. The molecule has 0 bridgehead atoms. The van der Waals surface area contributed by atoms with E-state index in [0.29, 0.717) is 5.75 Å². The zero-order valence-corrected chi connectivity index (χ0v) is 13.3. The molecule has 0 fully saturated rings. The molecular weight excluding hydrogens is 273 g/mol. The minimum Gasteiger partial charge on any atom is -0.493 e. The van der Waals surface area contributed by atoms with Gasteiger partial charge in [0.1, 0.15) is 0 Å². The fourth-order valence-electron chi connectivity index (χ4n) is 1.85. The summed E-state index contributed by atoms with van der Waals surface area (Å²) in [6, 6.07) is 2.97. The van der Waals surface area contributed by atoms with Crippen molar-refractivity contribution in [3.8, 4) is 11.5 Å². The van der Waals surface area contributed by atoms with E-state index in [9.17, 15) is 14.8 Å². The Kier molecular flexibility index (Phi) is 5.25. The SMILES string of the molecule is COc1ccc(B(O)O)c(C(=O)N(C)C(C)(C)C)c1OC. The van der Waals surface area contributed by atoms with Crippen molar-refractivity contribution in [1.82, 2.24) is 4.90 Å². The molecule has 1 amide bonds. The fraction of sp³-hybridized carbons (Fsp3) is 0.500. The van der Waals surface area contributed by atoms with Crippen LogP contribution in [0.3, 0.4) is 0 Å². The molecule has 0 saturated heterocycles. The predicted octanol–water partition coefficient (Wildman–Crippen LogP) is 0.254.